The minimum atomic E-state index is 0.380. The Kier molecular flexibility index (Phi) is 6.08. The highest BCUT2D eigenvalue weighted by Gasteiger charge is 2.17. The van der Waals surface area contributed by atoms with Gasteiger partial charge in [0.15, 0.2) is 0 Å². The van der Waals surface area contributed by atoms with Crippen molar-refractivity contribution in [2.45, 2.75) is 45.2 Å². The summed E-state index contributed by atoms with van der Waals surface area (Å²) in [6.07, 6.45) is 3.43. The smallest absolute Gasteiger partial charge is 0.0419 e. The first-order valence-corrected chi connectivity index (χ1v) is 8.55. The van der Waals surface area contributed by atoms with E-state index in [1.54, 1.807) is 0 Å². The number of thiophene rings is 1. The summed E-state index contributed by atoms with van der Waals surface area (Å²) in [5, 5.41) is 6.76. The van der Waals surface area contributed by atoms with Crippen molar-refractivity contribution in [1.82, 2.24) is 5.32 Å². The zero-order valence-corrected chi connectivity index (χ0v) is 13.7. The van der Waals surface area contributed by atoms with Crippen LogP contribution < -0.4 is 5.32 Å². The largest absolute Gasteiger partial charge is 0.302 e. The van der Waals surface area contributed by atoms with E-state index >= 15 is 0 Å². The third-order valence-electron chi connectivity index (χ3n) is 3.55. The fourth-order valence-electron chi connectivity index (χ4n) is 2.47. The summed E-state index contributed by atoms with van der Waals surface area (Å²) in [6.45, 7) is 4.47. The van der Waals surface area contributed by atoms with Gasteiger partial charge in [-0.1, -0.05) is 50.1 Å². The zero-order chi connectivity index (χ0) is 14.4. The molecule has 1 heterocycles. The summed E-state index contributed by atoms with van der Waals surface area (Å²) in [4.78, 5) is 1.43. The SMILES string of the molecule is CCCC(NC(CC)c1ccc(Cl)cc1)c1cccs1. The van der Waals surface area contributed by atoms with Crippen LogP contribution in [0.5, 0.6) is 0 Å². The van der Waals surface area contributed by atoms with Crippen LogP contribution in [0.15, 0.2) is 41.8 Å². The Morgan fingerprint density at radius 1 is 1.10 bits per heavy atom. The number of rotatable bonds is 7. The lowest BCUT2D eigenvalue weighted by Gasteiger charge is -2.24. The summed E-state index contributed by atoms with van der Waals surface area (Å²) in [6, 6.07) is 13.4. The van der Waals surface area contributed by atoms with E-state index in [2.05, 4.69) is 48.8 Å². The van der Waals surface area contributed by atoms with E-state index in [4.69, 9.17) is 11.6 Å². The van der Waals surface area contributed by atoms with Crippen molar-refractivity contribution in [1.29, 1.82) is 0 Å². The van der Waals surface area contributed by atoms with Crippen molar-refractivity contribution in [3.05, 3.63) is 57.2 Å². The van der Waals surface area contributed by atoms with Crippen LogP contribution in [0, 0.1) is 0 Å². The third-order valence-corrected chi connectivity index (χ3v) is 4.78. The van der Waals surface area contributed by atoms with Gasteiger partial charge in [0, 0.05) is 22.0 Å². The second kappa shape index (κ2) is 7.82. The van der Waals surface area contributed by atoms with Gasteiger partial charge in [0.2, 0.25) is 0 Å². The Hall–Kier alpha value is -0.830. The summed E-state index contributed by atoms with van der Waals surface area (Å²) < 4.78 is 0. The molecule has 20 heavy (non-hydrogen) atoms. The second-order valence-electron chi connectivity index (χ2n) is 5.04. The summed E-state index contributed by atoms with van der Waals surface area (Å²) in [5.74, 6) is 0. The van der Waals surface area contributed by atoms with Crippen LogP contribution in [0.1, 0.15) is 55.6 Å². The second-order valence-corrected chi connectivity index (χ2v) is 6.45. The first kappa shape index (κ1) is 15.6. The van der Waals surface area contributed by atoms with Crippen LogP contribution >= 0.6 is 22.9 Å². The molecule has 0 aliphatic carbocycles. The highest BCUT2D eigenvalue weighted by Crippen LogP contribution is 2.28. The van der Waals surface area contributed by atoms with Gasteiger partial charge in [0.25, 0.3) is 0 Å². The number of hydrogen-bond donors (Lipinski definition) is 1. The highest BCUT2D eigenvalue weighted by molar-refractivity contribution is 7.10. The average Bonchev–Trinajstić information content (AvgIpc) is 2.99. The van der Waals surface area contributed by atoms with Crippen molar-refractivity contribution < 1.29 is 0 Å². The van der Waals surface area contributed by atoms with Crippen molar-refractivity contribution >= 4 is 22.9 Å². The van der Waals surface area contributed by atoms with Gasteiger partial charge in [-0.3, -0.25) is 0 Å². The minimum absolute atomic E-state index is 0.380. The average molecular weight is 308 g/mol. The molecule has 2 atom stereocenters. The maximum atomic E-state index is 5.98. The molecular formula is C17H22ClNS. The molecule has 1 N–H and O–H groups in total. The fraction of sp³-hybridized carbons (Fsp3) is 0.412. The van der Waals surface area contributed by atoms with E-state index in [-0.39, 0.29) is 0 Å². The molecule has 0 amide bonds. The molecule has 0 aliphatic heterocycles. The molecule has 0 aliphatic rings. The van der Waals surface area contributed by atoms with E-state index in [0.717, 1.165) is 11.4 Å². The molecule has 0 radical (unpaired) electrons. The molecule has 1 aromatic carbocycles. The molecule has 2 unspecified atom stereocenters. The Labute approximate surface area is 131 Å². The van der Waals surface area contributed by atoms with Crippen LogP contribution in [0.3, 0.4) is 0 Å². The van der Waals surface area contributed by atoms with E-state index in [0.29, 0.717) is 12.1 Å². The van der Waals surface area contributed by atoms with Crippen molar-refractivity contribution in [3.8, 4) is 0 Å². The quantitative estimate of drug-likeness (QED) is 0.663. The number of halogens is 1. The highest BCUT2D eigenvalue weighted by atomic mass is 35.5. The first-order valence-electron chi connectivity index (χ1n) is 7.29. The van der Waals surface area contributed by atoms with Crippen molar-refractivity contribution in [3.63, 3.8) is 0 Å². The van der Waals surface area contributed by atoms with Gasteiger partial charge in [-0.2, -0.15) is 0 Å². The van der Waals surface area contributed by atoms with Crippen LogP contribution in [0.2, 0.25) is 5.02 Å². The monoisotopic (exact) mass is 307 g/mol. The van der Waals surface area contributed by atoms with Crippen molar-refractivity contribution in [2.24, 2.45) is 0 Å². The molecule has 0 bridgehead atoms. The summed E-state index contributed by atoms with van der Waals surface area (Å²) in [7, 11) is 0. The van der Waals surface area contributed by atoms with Gasteiger partial charge in [-0.15, -0.1) is 11.3 Å². The molecule has 3 heteroatoms. The zero-order valence-electron chi connectivity index (χ0n) is 12.1. The fourth-order valence-corrected chi connectivity index (χ4v) is 3.42. The Morgan fingerprint density at radius 2 is 1.85 bits per heavy atom. The van der Waals surface area contributed by atoms with Gasteiger partial charge in [0.05, 0.1) is 0 Å². The molecular weight excluding hydrogens is 286 g/mol. The lowest BCUT2D eigenvalue weighted by atomic mass is 10.0. The van der Waals surface area contributed by atoms with Gasteiger partial charge >= 0.3 is 0 Å². The minimum Gasteiger partial charge on any atom is -0.302 e. The van der Waals surface area contributed by atoms with Gasteiger partial charge in [0.1, 0.15) is 0 Å². The van der Waals surface area contributed by atoms with Gasteiger partial charge in [-0.05, 0) is 42.0 Å². The molecule has 0 spiro atoms. The van der Waals surface area contributed by atoms with Crippen LogP contribution in [0.4, 0.5) is 0 Å². The molecule has 2 aromatic rings. The molecule has 1 aromatic heterocycles. The van der Waals surface area contributed by atoms with Crippen LogP contribution in [-0.4, -0.2) is 0 Å². The maximum Gasteiger partial charge on any atom is 0.0419 e. The number of benzene rings is 1. The Morgan fingerprint density at radius 3 is 2.40 bits per heavy atom. The third kappa shape index (κ3) is 4.08. The lowest BCUT2D eigenvalue weighted by Crippen LogP contribution is -2.25. The number of hydrogen-bond acceptors (Lipinski definition) is 2. The molecule has 0 saturated heterocycles. The maximum absolute atomic E-state index is 5.98. The summed E-state index contributed by atoms with van der Waals surface area (Å²) >= 11 is 7.81. The lowest BCUT2D eigenvalue weighted by molar-refractivity contribution is 0.417. The van der Waals surface area contributed by atoms with E-state index < -0.39 is 0 Å². The summed E-state index contributed by atoms with van der Waals surface area (Å²) in [5.41, 5.74) is 1.31. The van der Waals surface area contributed by atoms with E-state index in [9.17, 15) is 0 Å². The van der Waals surface area contributed by atoms with Gasteiger partial charge in [-0.25, -0.2) is 0 Å². The molecule has 108 valence electrons. The number of nitrogens with one attached hydrogen (secondary N) is 1. The van der Waals surface area contributed by atoms with Crippen LogP contribution in [0.25, 0.3) is 0 Å². The Bertz CT molecular complexity index is 492. The first-order chi connectivity index (χ1) is 9.74. The van der Waals surface area contributed by atoms with Crippen LogP contribution in [-0.2, 0) is 0 Å². The van der Waals surface area contributed by atoms with E-state index in [1.165, 1.54) is 23.3 Å². The molecule has 0 saturated carbocycles. The molecule has 2 rings (SSSR count). The predicted molar refractivity (Wildman–Crippen MR) is 89.6 cm³/mol. The predicted octanol–water partition coefficient (Wildman–Crippen LogP) is 5.98. The Balaban J connectivity index is 2.12. The normalized spacial score (nSPS) is 14.2. The van der Waals surface area contributed by atoms with Gasteiger partial charge < -0.3 is 5.32 Å². The van der Waals surface area contributed by atoms with Crippen molar-refractivity contribution in [2.75, 3.05) is 0 Å². The van der Waals surface area contributed by atoms with E-state index in [1.807, 2.05) is 23.5 Å². The molecule has 0 fully saturated rings. The topological polar surface area (TPSA) is 12.0 Å². The molecule has 1 nitrogen and oxygen atoms in total. The standard InChI is InChI=1S/C17H22ClNS/c1-3-6-16(17-7-5-12-20-17)19-15(4-2)13-8-10-14(18)11-9-13/h5,7-12,15-16,19H,3-4,6H2,1-2H3.